The van der Waals surface area contributed by atoms with Crippen LogP contribution in [0.5, 0.6) is 0 Å². The molecule has 6 nitrogen and oxygen atoms in total. The molecule has 0 radical (unpaired) electrons. The van der Waals surface area contributed by atoms with Crippen LogP contribution in [-0.4, -0.2) is 46.8 Å². The van der Waals surface area contributed by atoms with Crippen molar-refractivity contribution >= 4 is 11.9 Å². The van der Waals surface area contributed by atoms with E-state index < -0.39 is 12.1 Å². The Kier molecular flexibility index (Phi) is 4.19. The molecular weight excluding hydrogens is 236 g/mol. The van der Waals surface area contributed by atoms with Crippen molar-refractivity contribution in [3.8, 4) is 0 Å². The van der Waals surface area contributed by atoms with Crippen LogP contribution < -0.4 is 10.6 Å². The first-order chi connectivity index (χ1) is 8.56. The minimum absolute atomic E-state index is 0.0492. The van der Waals surface area contributed by atoms with Crippen LogP contribution in [0.3, 0.4) is 0 Å². The van der Waals surface area contributed by atoms with Crippen LogP contribution in [0.15, 0.2) is 0 Å². The van der Waals surface area contributed by atoms with Crippen molar-refractivity contribution in [2.75, 3.05) is 6.54 Å². The van der Waals surface area contributed by atoms with E-state index in [4.69, 9.17) is 5.11 Å². The largest absolute Gasteiger partial charge is 0.481 e. The third-order valence-electron chi connectivity index (χ3n) is 3.79. The van der Waals surface area contributed by atoms with E-state index in [0.717, 1.165) is 12.8 Å². The highest BCUT2D eigenvalue weighted by Gasteiger charge is 2.32. The lowest BCUT2D eigenvalue weighted by molar-refractivity contribution is -0.143. The summed E-state index contributed by atoms with van der Waals surface area (Å²) in [4.78, 5) is 22.8. The third kappa shape index (κ3) is 3.20. The van der Waals surface area contributed by atoms with Crippen LogP contribution in [0.1, 0.15) is 32.1 Å². The van der Waals surface area contributed by atoms with Gasteiger partial charge in [0, 0.05) is 12.6 Å². The Balaban J connectivity index is 1.81. The van der Waals surface area contributed by atoms with Gasteiger partial charge in [-0.2, -0.15) is 0 Å². The standard InChI is InChI=1S/C12H20N2O4/c15-9-5-10(13-6-9)11(16)14-8-3-1-2-7(4-8)12(17)18/h7-10,13,15H,1-6H2,(H,14,16)(H,17,18). The van der Waals surface area contributed by atoms with Gasteiger partial charge in [-0.1, -0.05) is 6.42 Å². The van der Waals surface area contributed by atoms with Gasteiger partial charge in [-0.25, -0.2) is 0 Å². The molecule has 2 fully saturated rings. The number of carboxylic acid groups (broad SMARTS) is 1. The number of hydrogen-bond donors (Lipinski definition) is 4. The number of amides is 1. The number of carbonyl (C=O) groups excluding carboxylic acids is 1. The number of carbonyl (C=O) groups is 2. The summed E-state index contributed by atoms with van der Waals surface area (Å²) in [5, 5.41) is 24.2. The zero-order valence-corrected chi connectivity index (χ0v) is 10.3. The lowest BCUT2D eigenvalue weighted by atomic mass is 9.85. The lowest BCUT2D eigenvalue weighted by Crippen LogP contribution is -2.47. The van der Waals surface area contributed by atoms with Gasteiger partial charge in [0.25, 0.3) is 0 Å². The number of aliphatic hydroxyl groups is 1. The van der Waals surface area contributed by atoms with Crippen molar-refractivity contribution in [3.05, 3.63) is 0 Å². The number of nitrogens with one attached hydrogen (secondary N) is 2. The van der Waals surface area contributed by atoms with Crippen LogP contribution >= 0.6 is 0 Å². The van der Waals surface area contributed by atoms with E-state index in [1.807, 2.05) is 0 Å². The Hall–Kier alpha value is -1.14. The lowest BCUT2D eigenvalue weighted by Gasteiger charge is -2.28. The van der Waals surface area contributed by atoms with E-state index >= 15 is 0 Å². The summed E-state index contributed by atoms with van der Waals surface area (Å²) in [5.41, 5.74) is 0. The second-order valence-corrected chi connectivity index (χ2v) is 5.26. The maximum absolute atomic E-state index is 11.9. The molecule has 1 aliphatic heterocycles. The molecule has 1 heterocycles. The van der Waals surface area contributed by atoms with Crippen molar-refractivity contribution in [2.24, 2.45) is 5.92 Å². The number of β-amino-alcohol motifs (C(OH)–C–C–N with tert-alkyl or cyclic N) is 1. The van der Waals surface area contributed by atoms with Gasteiger partial charge < -0.3 is 20.8 Å². The predicted molar refractivity (Wildman–Crippen MR) is 63.9 cm³/mol. The van der Waals surface area contributed by atoms with Gasteiger partial charge in [-0.15, -0.1) is 0 Å². The van der Waals surface area contributed by atoms with Gasteiger partial charge >= 0.3 is 5.97 Å². The fourth-order valence-electron chi connectivity index (χ4n) is 2.76. The van der Waals surface area contributed by atoms with Crippen molar-refractivity contribution in [1.82, 2.24) is 10.6 Å². The molecule has 2 aliphatic rings. The number of rotatable bonds is 3. The molecule has 4 N–H and O–H groups in total. The second kappa shape index (κ2) is 5.67. The highest BCUT2D eigenvalue weighted by atomic mass is 16.4. The van der Waals surface area contributed by atoms with E-state index in [9.17, 15) is 14.7 Å². The molecule has 1 saturated heterocycles. The molecule has 4 atom stereocenters. The van der Waals surface area contributed by atoms with Gasteiger partial charge in [0.05, 0.1) is 18.1 Å². The molecule has 1 aliphatic carbocycles. The summed E-state index contributed by atoms with van der Waals surface area (Å²) < 4.78 is 0. The molecule has 0 spiro atoms. The Morgan fingerprint density at radius 2 is 2.00 bits per heavy atom. The SMILES string of the molecule is O=C(O)C1CCCC(NC(=O)C2CC(O)CN2)C1. The van der Waals surface area contributed by atoms with Gasteiger partial charge in [-0.05, 0) is 25.7 Å². The maximum atomic E-state index is 11.9. The van der Waals surface area contributed by atoms with Crippen LogP contribution in [0.25, 0.3) is 0 Å². The minimum Gasteiger partial charge on any atom is -0.481 e. The first-order valence-corrected chi connectivity index (χ1v) is 6.51. The summed E-state index contributed by atoms with van der Waals surface area (Å²) in [5.74, 6) is -1.24. The topological polar surface area (TPSA) is 98.7 Å². The third-order valence-corrected chi connectivity index (χ3v) is 3.79. The van der Waals surface area contributed by atoms with Gasteiger partial charge in [0.15, 0.2) is 0 Å². The Morgan fingerprint density at radius 1 is 1.22 bits per heavy atom. The van der Waals surface area contributed by atoms with Crippen LogP contribution in [-0.2, 0) is 9.59 Å². The van der Waals surface area contributed by atoms with E-state index in [1.165, 1.54) is 0 Å². The second-order valence-electron chi connectivity index (χ2n) is 5.26. The van der Waals surface area contributed by atoms with Gasteiger partial charge in [0.1, 0.15) is 0 Å². The molecule has 2 rings (SSSR count). The maximum Gasteiger partial charge on any atom is 0.306 e. The van der Waals surface area contributed by atoms with E-state index in [-0.39, 0.29) is 23.9 Å². The van der Waals surface area contributed by atoms with Crippen molar-refractivity contribution in [1.29, 1.82) is 0 Å². The van der Waals surface area contributed by atoms with Crippen molar-refractivity contribution in [2.45, 2.75) is 50.3 Å². The monoisotopic (exact) mass is 256 g/mol. The first kappa shape index (κ1) is 13.3. The average molecular weight is 256 g/mol. The van der Waals surface area contributed by atoms with Crippen LogP contribution in [0.2, 0.25) is 0 Å². The fourth-order valence-corrected chi connectivity index (χ4v) is 2.76. The molecule has 6 heteroatoms. The van der Waals surface area contributed by atoms with Crippen LogP contribution in [0.4, 0.5) is 0 Å². The number of aliphatic carboxylic acids is 1. The Labute approximate surface area is 106 Å². The fraction of sp³-hybridized carbons (Fsp3) is 0.833. The zero-order chi connectivity index (χ0) is 13.1. The van der Waals surface area contributed by atoms with Gasteiger partial charge in [-0.3, -0.25) is 9.59 Å². The molecular formula is C12H20N2O4. The summed E-state index contributed by atoms with van der Waals surface area (Å²) in [6.07, 6.45) is 2.85. The average Bonchev–Trinajstić information content (AvgIpc) is 2.76. The molecule has 1 amide bonds. The minimum atomic E-state index is -0.775. The molecule has 0 aromatic carbocycles. The number of carboxylic acids is 1. The summed E-state index contributed by atoms with van der Waals surface area (Å²) in [6, 6.07) is -0.392. The highest BCUT2D eigenvalue weighted by molar-refractivity contribution is 5.82. The molecule has 1 saturated carbocycles. The predicted octanol–water partition coefficient (Wildman–Crippen LogP) is -0.531. The van der Waals surface area contributed by atoms with Crippen molar-refractivity contribution in [3.63, 3.8) is 0 Å². The highest BCUT2D eigenvalue weighted by Crippen LogP contribution is 2.24. The summed E-state index contributed by atoms with van der Waals surface area (Å²) >= 11 is 0. The smallest absolute Gasteiger partial charge is 0.306 e. The van der Waals surface area contributed by atoms with Crippen LogP contribution in [0, 0.1) is 5.92 Å². The Bertz CT molecular complexity index is 334. The van der Waals surface area contributed by atoms with E-state index in [1.54, 1.807) is 0 Å². The molecule has 18 heavy (non-hydrogen) atoms. The first-order valence-electron chi connectivity index (χ1n) is 6.51. The number of aliphatic hydroxyl groups excluding tert-OH is 1. The summed E-state index contributed by atoms with van der Waals surface area (Å²) in [7, 11) is 0. The van der Waals surface area contributed by atoms with Gasteiger partial charge in [0.2, 0.25) is 5.91 Å². The Morgan fingerprint density at radius 3 is 2.61 bits per heavy atom. The molecule has 102 valence electrons. The van der Waals surface area contributed by atoms with E-state index in [0.29, 0.717) is 25.8 Å². The molecule has 0 bridgehead atoms. The van der Waals surface area contributed by atoms with E-state index in [2.05, 4.69) is 10.6 Å². The number of hydrogen-bond acceptors (Lipinski definition) is 4. The zero-order valence-electron chi connectivity index (χ0n) is 10.3. The quantitative estimate of drug-likeness (QED) is 0.544. The normalized spacial score (nSPS) is 36.3. The summed E-state index contributed by atoms with van der Waals surface area (Å²) in [6.45, 7) is 0.445. The molecule has 0 aromatic heterocycles. The molecule has 0 aromatic rings. The van der Waals surface area contributed by atoms with Crippen molar-refractivity contribution < 1.29 is 19.8 Å². The molecule has 4 unspecified atom stereocenters.